The van der Waals surface area contributed by atoms with Gasteiger partial charge >= 0.3 is 5.97 Å². The highest BCUT2D eigenvalue weighted by atomic mass is 19.3. The summed E-state index contributed by atoms with van der Waals surface area (Å²) in [6, 6.07) is 0. The summed E-state index contributed by atoms with van der Waals surface area (Å²) in [5, 5.41) is 8.40. The minimum atomic E-state index is -2.49. The first kappa shape index (κ1) is 7.44. The first-order chi connectivity index (χ1) is 4.48. The number of rotatable bonds is 2. The van der Waals surface area contributed by atoms with Gasteiger partial charge in [-0.25, -0.2) is 8.78 Å². The summed E-state index contributed by atoms with van der Waals surface area (Å²) in [5.41, 5.74) is -1.14. The van der Waals surface area contributed by atoms with Gasteiger partial charge in [0.15, 0.2) is 0 Å². The summed E-state index contributed by atoms with van der Waals surface area (Å²) in [6.45, 7) is 1.35. The van der Waals surface area contributed by atoms with Gasteiger partial charge in [0.1, 0.15) is 0 Å². The second-order valence-corrected chi connectivity index (χ2v) is 2.87. The molecule has 4 heteroatoms. The van der Waals surface area contributed by atoms with Gasteiger partial charge in [-0.15, -0.1) is 0 Å². The Bertz CT molecular complexity index is 169. The summed E-state index contributed by atoms with van der Waals surface area (Å²) in [7, 11) is 0. The third-order valence-corrected chi connectivity index (χ3v) is 2.09. The van der Waals surface area contributed by atoms with E-state index in [2.05, 4.69) is 0 Å². The van der Waals surface area contributed by atoms with E-state index in [1.165, 1.54) is 6.92 Å². The molecular weight excluding hydrogens is 142 g/mol. The topological polar surface area (TPSA) is 37.3 Å². The minimum absolute atomic E-state index is 0.111. The standard InChI is InChI=1S/C6H8F2O2/c1-6(5(9)10)2-3(6)4(7)8/h3-4H,2H2,1H3,(H,9,10)/t3-,6-/m0/s1. The molecule has 1 saturated carbocycles. The van der Waals surface area contributed by atoms with E-state index in [9.17, 15) is 13.6 Å². The molecule has 0 amide bonds. The zero-order valence-electron chi connectivity index (χ0n) is 5.47. The van der Waals surface area contributed by atoms with Gasteiger partial charge in [-0.2, -0.15) is 0 Å². The summed E-state index contributed by atoms with van der Waals surface area (Å²) < 4.78 is 23.6. The highest BCUT2D eigenvalue weighted by molar-refractivity contribution is 5.78. The number of carboxylic acid groups (broad SMARTS) is 1. The van der Waals surface area contributed by atoms with Gasteiger partial charge in [-0.3, -0.25) is 4.79 Å². The van der Waals surface area contributed by atoms with E-state index >= 15 is 0 Å². The van der Waals surface area contributed by atoms with Crippen molar-refractivity contribution in [3.05, 3.63) is 0 Å². The molecule has 0 bridgehead atoms. The fourth-order valence-corrected chi connectivity index (χ4v) is 1.01. The maximum Gasteiger partial charge on any atom is 0.309 e. The van der Waals surface area contributed by atoms with Crippen molar-refractivity contribution in [1.82, 2.24) is 0 Å². The lowest BCUT2D eigenvalue weighted by Crippen LogP contribution is -2.15. The lowest BCUT2D eigenvalue weighted by Gasteiger charge is -2.02. The molecule has 1 aliphatic carbocycles. The normalized spacial score (nSPS) is 38.2. The van der Waals surface area contributed by atoms with Crippen LogP contribution in [0.3, 0.4) is 0 Å². The van der Waals surface area contributed by atoms with E-state index in [4.69, 9.17) is 5.11 Å². The number of hydrogen-bond acceptors (Lipinski definition) is 1. The van der Waals surface area contributed by atoms with Crippen LogP contribution in [0.15, 0.2) is 0 Å². The largest absolute Gasteiger partial charge is 0.481 e. The van der Waals surface area contributed by atoms with Crippen molar-refractivity contribution in [3.63, 3.8) is 0 Å². The molecule has 1 N–H and O–H groups in total. The summed E-state index contributed by atoms with van der Waals surface area (Å²) in [6.07, 6.45) is -2.37. The predicted octanol–water partition coefficient (Wildman–Crippen LogP) is 1.36. The van der Waals surface area contributed by atoms with Crippen molar-refractivity contribution >= 4 is 5.97 Å². The Morgan fingerprint density at radius 1 is 1.80 bits per heavy atom. The molecule has 2 nitrogen and oxygen atoms in total. The molecule has 0 aliphatic heterocycles. The van der Waals surface area contributed by atoms with Crippen LogP contribution < -0.4 is 0 Å². The molecule has 0 heterocycles. The summed E-state index contributed by atoms with van der Waals surface area (Å²) in [4.78, 5) is 10.3. The van der Waals surface area contributed by atoms with E-state index in [0.717, 1.165) is 0 Å². The Balaban J connectivity index is 2.56. The Morgan fingerprint density at radius 2 is 2.30 bits per heavy atom. The first-order valence-electron chi connectivity index (χ1n) is 3.00. The smallest absolute Gasteiger partial charge is 0.309 e. The monoisotopic (exact) mass is 150 g/mol. The van der Waals surface area contributed by atoms with Gasteiger partial charge in [0, 0.05) is 5.92 Å². The van der Waals surface area contributed by atoms with Crippen LogP contribution in [0.5, 0.6) is 0 Å². The zero-order chi connectivity index (χ0) is 7.94. The minimum Gasteiger partial charge on any atom is -0.481 e. The van der Waals surface area contributed by atoms with Crippen LogP contribution in [0.25, 0.3) is 0 Å². The molecule has 0 unspecified atom stereocenters. The van der Waals surface area contributed by atoms with Crippen LogP contribution in [-0.2, 0) is 4.79 Å². The molecule has 1 aliphatic rings. The maximum absolute atomic E-state index is 11.8. The lowest BCUT2D eigenvalue weighted by atomic mass is 10.1. The Hall–Kier alpha value is -0.670. The Morgan fingerprint density at radius 3 is 2.40 bits per heavy atom. The molecule has 1 rings (SSSR count). The Kier molecular flexibility index (Phi) is 1.42. The average Bonchev–Trinajstić information content (AvgIpc) is 2.43. The van der Waals surface area contributed by atoms with Crippen molar-refractivity contribution in [3.8, 4) is 0 Å². The van der Waals surface area contributed by atoms with Gasteiger partial charge in [0.25, 0.3) is 0 Å². The number of hydrogen-bond donors (Lipinski definition) is 1. The van der Waals surface area contributed by atoms with Crippen LogP contribution in [-0.4, -0.2) is 17.5 Å². The van der Waals surface area contributed by atoms with E-state index in [-0.39, 0.29) is 6.42 Å². The van der Waals surface area contributed by atoms with Gasteiger partial charge < -0.3 is 5.11 Å². The quantitative estimate of drug-likeness (QED) is 0.645. The molecule has 2 atom stereocenters. The van der Waals surface area contributed by atoms with Crippen molar-refractivity contribution in [2.45, 2.75) is 19.8 Å². The van der Waals surface area contributed by atoms with Gasteiger partial charge in [-0.05, 0) is 13.3 Å². The van der Waals surface area contributed by atoms with E-state index in [1.807, 2.05) is 0 Å². The van der Waals surface area contributed by atoms with Gasteiger partial charge in [0.05, 0.1) is 5.41 Å². The molecule has 0 spiro atoms. The van der Waals surface area contributed by atoms with E-state index in [1.54, 1.807) is 0 Å². The average molecular weight is 150 g/mol. The molecule has 10 heavy (non-hydrogen) atoms. The Labute approximate surface area is 56.8 Å². The van der Waals surface area contributed by atoms with Crippen molar-refractivity contribution in [2.24, 2.45) is 11.3 Å². The lowest BCUT2D eigenvalue weighted by molar-refractivity contribution is -0.144. The van der Waals surface area contributed by atoms with E-state index < -0.39 is 23.7 Å². The summed E-state index contributed by atoms with van der Waals surface area (Å²) >= 11 is 0. The third-order valence-electron chi connectivity index (χ3n) is 2.09. The summed E-state index contributed by atoms with van der Waals surface area (Å²) in [5.74, 6) is -2.04. The molecule has 0 radical (unpaired) electrons. The molecule has 0 aromatic rings. The van der Waals surface area contributed by atoms with Crippen LogP contribution in [0.2, 0.25) is 0 Å². The zero-order valence-corrected chi connectivity index (χ0v) is 5.47. The molecule has 58 valence electrons. The van der Waals surface area contributed by atoms with Crippen molar-refractivity contribution in [1.29, 1.82) is 0 Å². The number of carbonyl (C=O) groups is 1. The molecule has 1 fully saturated rings. The van der Waals surface area contributed by atoms with Crippen LogP contribution in [0.1, 0.15) is 13.3 Å². The maximum atomic E-state index is 11.8. The number of halogens is 2. The SMILES string of the molecule is C[C@]1(C(=O)O)C[C@H]1C(F)F. The molecule has 0 aromatic heterocycles. The van der Waals surface area contributed by atoms with E-state index in [0.29, 0.717) is 0 Å². The number of carboxylic acids is 1. The second-order valence-electron chi connectivity index (χ2n) is 2.87. The fraction of sp³-hybridized carbons (Fsp3) is 0.833. The van der Waals surface area contributed by atoms with Crippen LogP contribution in [0, 0.1) is 11.3 Å². The van der Waals surface area contributed by atoms with Crippen LogP contribution in [0.4, 0.5) is 8.78 Å². The predicted molar refractivity (Wildman–Crippen MR) is 29.9 cm³/mol. The highest BCUT2D eigenvalue weighted by Crippen LogP contribution is 2.55. The van der Waals surface area contributed by atoms with Crippen LogP contribution >= 0.6 is 0 Å². The molecular formula is C6H8F2O2. The highest BCUT2D eigenvalue weighted by Gasteiger charge is 2.60. The van der Waals surface area contributed by atoms with Gasteiger partial charge in [-0.1, -0.05) is 0 Å². The third kappa shape index (κ3) is 0.874. The van der Waals surface area contributed by atoms with Gasteiger partial charge in [0.2, 0.25) is 6.43 Å². The number of alkyl halides is 2. The van der Waals surface area contributed by atoms with Crippen molar-refractivity contribution < 1.29 is 18.7 Å². The first-order valence-corrected chi connectivity index (χ1v) is 3.00. The second kappa shape index (κ2) is 1.90. The fourth-order valence-electron chi connectivity index (χ4n) is 1.01. The number of aliphatic carboxylic acids is 1. The molecule has 0 aromatic carbocycles. The van der Waals surface area contributed by atoms with Crippen molar-refractivity contribution in [2.75, 3.05) is 0 Å². The molecule has 0 saturated heterocycles.